The van der Waals surface area contributed by atoms with Crippen LogP contribution in [0, 0.1) is 0 Å². The number of halogens is 1. The first-order valence-electron chi connectivity index (χ1n) is 7.08. The van der Waals surface area contributed by atoms with E-state index in [0.29, 0.717) is 13.0 Å². The van der Waals surface area contributed by atoms with E-state index in [4.69, 9.17) is 16.7 Å². The molecule has 0 unspecified atom stereocenters. The van der Waals surface area contributed by atoms with Crippen molar-refractivity contribution in [1.82, 2.24) is 9.55 Å². The summed E-state index contributed by atoms with van der Waals surface area (Å²) in [4.78, 5) is 4.68. The average molecular weight is 301 g/mol. The molecule has 4 heteroatoms. The van der Waals surface area contributed by atoms with Crippen LogP contribution in [0.2, 0.25) is 5.02 Å². The summed E-state index contributed by atoms with van der Waals surface area (Å²) < 4.78 is 2.19. The molecule has 0 aliphatic heterocycles. The van der Waals surface area contributed by atoms with Gasteiger partial charge in [0.25, 0.3) is 0 Å². The number of imidazole rings is 1. The second-order valence-electron chi connectivity index (χ2n) is 5.02. The lowest BCUT2D eigenvalue weighted by molar-refractivity contribution is 0.287. The Bertz CT molecular complexity index is 751. The zero-order chi connectivity index (χ0) is 14.7. The Morgan fingerprint density at radius 1 is 1.05 bits per heavy atom. The van der Waals surface area contributed by atoms with Gasteiger partial charge in [-0.25, -0.2) is 4.98 Å². The van der Waals surface area contributed by atoms with Crippen LogP contribution in [-0.4, -0.2) is 21.3 Å². The highest BCUT2D eigenvalue weighted by atomic mass is 35.5. The summed E-state index contributed by atoms with van der Waals surface area (Å²) in [5.74, 6) is 0.991. The average Bonchev–Trinajstić information content (AvgIpc) is 2.85. The first kappa shape index (κ1) is 14.1. The van der Waals surface area contributed by atoms with Crippen LogP contribution in [0.5, 0.6) is 0 Å². The molecule has 0 aliphatic rings. The minimum absolute atomic E-state index is 0.176. The molecular formula is C17H17ClN2O. The number of rotatable bonds is 5. The smallest absolute Gasteiger partial charge is 0.110 e. The molecule has 0 spiro atoms. The lowest BCUT2D eigenvalue weighted by Gasteiger charge is -2.10. The van der Waals surface area contributed by atoms with Gasteiger partial charge in [0, 0.05) is 18.1 Å². The van der Waals surface area contributed by atoms with E-state index in [2.05, 4.69) is 15.6 Å². The molecule has 1 N–H and O–H groups in total. The highest BCUT2D eigenvalue weighted by molar-refractivity contribution is 6.31. The maximum atomic E-state index is 9.07. The van der Waals surface area contributed by atoms with Crippen LogP contribution >= 0.6 is 11.6 Å². The number of hydrogen-bond acceptors (Lipinski definition) is 2. The predicted molar refractivity (Wildman–Crippen MR) is 85.7 cm³/mol. The van der Waals surface area contributed by atoms with Crippen molar-refractivity contribution in [1.29, 1.82) is 0 Å². The van der Waals surface area contributed by atoms with Gasteiger partial charge in [0.15, 0.2) is 0 Å². The van der Waals surface area contributed by atoms with E-state index in [9.17, 15) is 0 Å². The van der Waals surface area contributed by atoms with Crippen molar-refractivity contribution in [2.45, 2.75) is 19.4 Å². The standard InChI is InChI=1S/C17H17ClN2O/c18-14-7-2-1-6-13(14)12-20-16-9-4-3-8-15(16)19-17(20)10-5-11-21/h1-4,6-9,21H,5,10-12H2. The maximum absolute atomic E-state index is 9.07. The van der Waals surface area contributed by atoms with Crippen molar-refractivity contribution in [3.8, 4) is 0 Å². The number of fused-ring (bicyclic) bond motifs is 1. The van der Waals surface area contributed by atoms with Crippen LogP contribution in [0.3, 0.4) is 0 Å². The van der Waals surface area contributed by atoms with E-state index in [1.807, 2.05) is 42.5 Å². The van der Waals surface area contributed by atoms with Gasteiger partial charge in [-0.15, -0.1) is 0 Å². The normalized spacial score (nSPS) is 11.1. The maximum Gasteiger partial charge on any atom is 0.110 e. The first-order valence-corrected chi connectivity index (χ1v) is 7.46. The Morgan fingerprint density at radius 3 is 2.62 bits per heavy atom. The molecule has 1 heterocycles. The van der Waals surface area contributed by atoms with E-state index in [1.165, 1.54) is 0 Å². The van der Waals surface area contributed by atoms with Crippen molar-refractivity contribution in [2.75, 3.05) is 6.61 Å². The summed E-state index contributed by atoms with van der Waals surface area (Å²) in [6.07, 6.45) is 1.47. The number of hydrogen-bond donors (Lipinski definition) is 1. The van der Waals surface area contributed by atoms with Crippen molar-refractivity contribution >= 4 is 22.6 Å². The third-order valence-electron chi connectivity index (χ3n) is 3.58. The monoisotopic (exact) mass is 300 g/mol. The molecule has 3 rings (SSSR count). The van der Waals surface area contributed by atoms with Gasteiger partial charge in [0.05, 0.1) is 17.6 Å². The molecule has 0 saturated carbocycles. The zero-order valence-electron chi connectivity index (χ0n) is 11.7. The Hall–Kier alpha value is -1.84. The highest BCUT2D eigenvalue weighted by Crippen LogP contribution is 2.22. The summed E-state index contributed by atoms with van der Waals surface area (Å²) in [5, 5.41) is 9.84. The molecule has 0 saturated heterocycles. The Balaban J connectivity index is 2.04. The van der Waals surface area contributed by atoms with Crippen LogP contribution in [-0.2, 0) is 13.0 Å². The van der Waals surface area contributed by atoms with Crippen LogP contribution in [0.15, 0.2) is 48.5 Å². The largest absolute Gasteiger partial charge is 0.396 e. The van der Waals surface area contributed by atoms with Gasteiger partial charge in [-0.1, -0.05) is 41.9 Å². The highest BCUT2D eigenvalue weighted by Gasteiger charge is 2.11. The lowest BCUT2D eigenvalue weighted by atomic mass is 10.2. The first-order chi connectivity index (χ1) is 10.3. The SMILES string of the molecule is OCCCc1nc2ccccc2n1Cc1ccccc1Cl. The Kier molecular flexibility index (Phi) is 4.23. The third-order valence-corrected chi connectivity index (χ3v) is 3.95. The molecule has 108 valence electrons. The topological polar surface area (TPSA) is 38.1 Å². The van der Waals surface area contributed by atoms with Gasteiger partial charge in [0.1, 0.15) is 5.82 Å². The molecule has 0 radical (unpaired) electrons. The number of para-hydroxylation sites is 2. The van der Waals surface area contributed by atoms with E-state index >= 15 is 0 Å². The summed E-state index contributed by atoms with van der Waals surface area (Å²) in [6.45, 7) is 0.871. The summed E-state index contributed by atoms with van der Waals surface area (Å²) in [7, 11) is 0. The summed E-state index contributed by atoms with van der Waals surface area (Å²) >= 11 is 6.28. The van der Waals surface area contributed by atoms with Crippen LogP contribution in [0.25, 0.3) is 11.0 Å². The number of aryl methyl sites for hydroxylation is 1. The Labute approximate surface area is 128 Å². The molecule has 21 heavy (non-hydrogen) atoms. The van der Waals surface area contributed by atoms with E-state index in [1.54, 1.807) is 0 Å². The van der Waals surface area contributed by atoms with E-state index < -0.39 is 0 Å². The minimum atomic E-state index is 0.176. The third kappa shape index (κ3) is 2.94. The molecule has 3 aromatic rings. The fraction of sp³-hybridized carbons (Fsp3) is 0.235. The van der Waals surface area contributed by atoms with Crippen molar-refractivity contribution in [2.24, 2.45) is 0 Å². The minimum Gasteiger partial charge on any atom is -0.396 e. The van der Waals surface area contributed by atoms with Gasteiger partial charge >= 0.3 is 0 Å². The van der Waals surface area contributed by atoms with E-state index in [0.717, 1.165) is 33.9 Å². The van der Waals surface area contributed by atoms with Crippen LogP contribution in [0.1, 0.15) is 17.8 Å². The second kappa shape index (κ2) is 6.29. The fourth-order valence-corrected chi connectivity index (χ4v) is 2.72. The molecular weight excluding hydrogens is 284 g/mol. The molecule has 1 aromatic heterocycles. The van der Waals surface area contributed by atoms with Crippen molar-refractivity contribution in [3.63, 3.8) is 0 Å². The number of aliphatic hydroxyl groups excluding tert-OH is 1. The number of nitrogens with zero attached hydrogens (tertiary/aromatic N) is 2. The fourth-order valence-electron chi connectivity index (χ4n) is 2.53. The zero-order valence-corrected chi connectivity index (χ0v) is 12.4. The van der Waals surface area contributed by atoms with Gasteiger partial charge in [-0.05, 0) is 30.2 Å². The van der Waals surface area contributed by atoms with Gasteiger partial charge in [0.2, 0.25) is 0 Å². The summed E-state index contributed by atoms with van der Waals surface area (Å²) in [5.41, 5.74) is 3.16. The molecule has 0 aliphatic carbocycles. The van der Waals surface area contributed by atoms with Gasteiger partial charge < -0.3 is 9.67 Å². The molecule has 0 bridgehead atoms. The Morgan fingerprint density at radius 2 is 1.81 bits per heavy atom. The molecule has 0 fully saturated rings. The molecule has 3 nitrogen and oxygen atoms in total. The predicted octanol–water partition coefficient (Wildman–Crippen LogP) is 3.66. The van der Waals surface area contributed by atoms with E-state index in [-0.39, 0.29) is 6.61 Å². The molecule has 0 amide bonds. The quantitative estimate of drug-likeness (QED) is 0.781. The van der Waals surface area contributed by atoms with Crippen LogP contribution < -0.4 is 0 Å². The molecule has 2 aromatic carbocycles. The number of aliphatic hydroxyl groups is 1. The van der Waals surface area contributed by atoms with Crippen LogP contribution in [0.4, 0.5) is 0 Å². The van der Waals surface area contributed by atoms with Gasteiger partial charge in [-0.2, -0.15) is 0 Å². The lowest BCUT2D eigenvalue weighted by Crippen LogP contribution is -2.06. The second-order valence-corrected chi connectivity index (χ2v) is 5.43. The summed E-state index contributed by atoms with van der Waals surface area (Å²) in [6, 6.07) is 16.0. The van der Waals surface area contributed by atoms with Crippen molar-refractivity contribution in [3.05, 3.63) is 64.9 Å². The number of benzene rings is 2. The van der Waals surface area contributed by atoms with Crippen molar-refractivity contribution < 1.29 is 5.11 Å². The van der Waals surface area contributed by atoms with Gasteiger partial charge in [-0.3, -0.25) is 0 Å². The number of aromatic nitrogens is 2. The molecule has 0 atom stereocenters.